The molecule has 0 aliphatic carbocycles. The number of halogens is 1. The Hall–Kier alpha value is -3.00. The Kier molecular flexibility index (Phi) is 9.21. The van der Waals surface area contributed by atoms with Gasteiger partial charge in [0.2, 0.25) is 5.75 Å². The number of methoxy groups -OCH3 is 3. The van der Waals surface area contributed by atoms with Crippen molar-refractivity contribution in [1.82, 2.24) is 15.5 Å². The standard InChI is InChI=1S/C22H31FN4O3/c1-24-22(25-10-11-27(2)15-16-6-8-18(23)9-7-16)26-14-17-12-19(28-3)21(30-5)20(13-17)29-4/h6-9,12-13H,10-11,14-15H2,1-5H3,(H2,24,25,26). The Morgan fingerprint density at radius 1 is 0.967 bits per heavy atom. The van der Waals surface area contributed by atoms with Gasteiger partial charge in [0.1, 0.15) is 5.82 Å². The van der Waals surface area contributed by atoms with Gasteiger partial charge in [0, 0.05) is 33.2 Å². The lowest BCUT2D eigenvalue weighted by Gasteiger charge is -2.19. The van der Waals surface area contributed by atoms with Crippen LogP contribution in [0.25, 0.3) is 0 Å². The van der Waals surface area contributed by atoms with Gasteiger partial charge in [-0.1, -0.05) is 12.1 Å². The molecule has 0 aliphatic rings. The molecule has 0 fully saturated rings. The summed E-state index contributed by atoms with van der Waals surface area (Å²) in [6, 6.07) is 10.4. The maximum atomic E-state index is 13.0. The molecule has 2 N–H and O–H groups in total. The highest BCUT2D eigenvalue weighted by molar-refractivity contribution is 5.79. The van der Waals surface area contributed by atoms with Crippen LogP contribution in [0.15, 0.2) is 41.4 Å². The summed E-state index contributed by atoms with van der Waals surface area (Å²) in [6.45, 7) is 2.82. The molecule has 164 valence electrons. The number of benzene rings is 2. The third-order valence-corrected chi connectivity index (χ3v) is 4.56. The first kappa shape index (κ1) is 23.3. The minimum atomic E-state index is -0.218. The number of hydrogen-bond acceptors (Lipinski definition) is 5. The summed E-state index contributed by atoms with van der Waals surface area (Å²) >= 11 is 0. The Bertz CT molecular complexity index is 803. The summed E-state index contributed by atoms with van der Waals surface area (Å²) < 4.78 is 29.2. The molecule has 7 nitrogen and oxygen atoms in total. The average molecular weight is 419 g/mol. The van der Waals surface area contributed by atoms with Gasteiger partial charge in [0.05, 0.1) is 21.3 Å². The summed E-state index contributed by atoms with van der Waals surface area (Å²) in [5.41, 5.74) is 2.05. The van der Waals surface area contributed by atoms with Crippen LogP contribution < -0.4 is 24.8 Å². The average Bonchev–Trinajstić information content (AvgIpc) is 2.76. The molecule has 0 bridgehead atoms. The molecule has 2 rings (SSSR count). The highest BCUT2D eigenvalue weighted by Gasteiger charge is 2.13. The van der Waals surface area contributed by atoms with Crippen LogP contribution in [0.1, 0.15) is 11.1 Å². The van der Waals surface area contributed by atoms with E-state index >= 15 is 0 Å². The summed E-state index contributed by atoms with van der Waals surface area (Å²) in [4.78, 5) is 6.42. The first-order valence-electron chi connectivity index (χ1n) is 9.67. The van der Waals surface area contributed by atoms with Crippen molar-refractivity contribution >= 4 is 5.96 Å². The third kappa shape index (κ3) is 6.81. The van der Waals surface area contributed by atoms with Crippen molar-refractivity contribution in [3.05, 3.63) is 53.3 Å². The van der Waals surface area contributed by atoms with E-state index < -0.39 is 0 Å². The molecule has 0 saturated carbocycles. The fraction of sp³-hybridized carbons (Fsp3) is 0.409. The molecule has 8 heteroatoms. The number of guanidine groups is 1. The molecule has 30 heavy (non-hydrogen) atoms. The quantitative estimate of drug-likeness (QED) is 0.457. The van der Waals surface area contributed by atoms with Crippen LogP contribution in [0, 0.1) is 5.82 Å². The number of nitrogens with one attached hydrogen (secondary N) is 2. The molecule has 0 saturated heterocycles. The highest BCUT2D eigenvalue weighted by Crippen LogP contribution is 2.38. The predicted molar refractivity (Wildman–Crippen MR) is 117 cm³/mol. The van der Waals surface area contributed by atoms with E-state index in [9.17, 15) is 4.39 Å². The van der Waals surface area contributed by atoms with E-state index in [-0.39, 0.29) is 5.82 Å². The van der Waals surface area contributed by atoms with Crippen molar-refractivity contribution < 1.29 is 18.6 Å². The van der Waals surface area contributed by atoms with Gasteiger partial charge in [-0.25, -0.2) is 4.39 Å². The maximum absolute atomic E-state index is 13.0. The van der Waals surface area contributed by atoms with E-state index in [1.807, 2.05) is 19.2 Å². The molecular formula is C22H31FN4O3. The first-order chi connectivity index (χ1) is 14.5. The minimum Gasteiger partial charge on any atom is -0.493 e. The fourth-order valence-corrected chi connectivity index (χ4v) is 2.99. The number of hydrogen-bond donors (Lipinski definition) is 2. The van der Waals surface area contributed by atoms with Crippen LogP contribution in [0.4, 0.5) is 4.39 Å². The summed E-state index contributed by atoms with van der Waals surface area (Å²) in [6.07, 6.45) is 0. The zero-order chi connectivity index (χ0) is 21.9. The molecule has 0 atom stereocenters. The number of ether oxygens (including phenoxy) is 3. The Balaban J connectivity index is 1.84. The molecule has 0 amide bonds. The zero-order valence-electron chi connectivity index (χ0n) is 18.3. The third-order valence-electron chi connectivity index (χ3n) is 4.56. The van der Waals surface area contributed by atoms with Crippen molar-refractivity contribution in [3.63, 3.8) is 0 Å². The van der Waals surface area contributed by atoms with Crippen LogP contribution in [-0.4, -0.2) is 59.4 Å². The van der Waals surface area contributed by atoms with E-state index in [4.69, 9.17) is 14.2 Å². The van der Waals surface area contributed by atoms with Gasteiger partial charge >= 0.3 is 0 Å². The molecule has 2 aromatic carbocycles. The lowest BCUT2D eigenvalue weighted by atomic mass is 10.2. The minimum absolute atomic E-state index is 0.218. The van der Waals surface area contributed by atoms with E-state index in [1.165, 1.54) is 12.1 Å². The Morgan fingerprint density at radius 2 is 1.60 bits per heavy atom. The van der Waals surface area contributed by atoms with Crippen LogP contribution in [-0.2, 0) is 13.1 Å². The van der Waals surface area contributed by atoms with Gasteiger partial charge in [0.15, 0.2) is 17.5 Å². The second-order valence-electron chi connectivity index (χ2n) is 6.75. The monoisotopic (exact) mass is 418 g/mol. The lowest BCUT2D eigenvalue weighted by molar-refractivity contribution is 0.323. The van der Waals surface area contributed by atoms with E-state index in [0.717, 1.165) is 24.2 Å². The Labute approximate surface area is 177 Å². The van der Waals surface area contributed by atoms with Crippen molar-refractivity contribution in [2.75, 3.05) is 48.5 Å². The van der Waals surface area contributed by atoms with Gasteiger partial charge in [-0.05, 0) is 42.4 Å². The SMILES string of the molecule is CN=C(NCCN(C)Cc1ccc(F)cc1)NCc1cc(OC)c(OC)c(OC)c1. The second kappa shape index (κ2) is 11.9. The number of nitrogens with zero attached hydrogens (tertiary/aromatic N) is 2. The van der Waals surface area contributed by atoms with Gasteiger partial charge < -0.3 is 29.7 Å². The second-order valence-corrected chi connectivity index (χ2v) is 6.75. The molecule has 0 unspecified atom stereocenters. The van der Waals surface area contributed by atoms with Crippen LogP contribution >= 0.6 is 0 Å². The summed E-state index contributed by atoms with van der Waals surface area (Å²) in [5.74, 6) is 2.26. The molecule has 0 aliphatic heterocycles. The van der Waals surface area contributed by atoms with Gasteiger partial charge in [-0.2, -0.15) is 0 Å². The van der Waals surface area contributed by atoms with Crippen LogP contribution in [0.2, 0.25) is 0 Å². The normalized spacial score (nSPS) is 11.4. The van der Waals surface area contributed by atoms with Crippen molar-refractivity contribution in [2.45, 2.75) is 13.1 Å². The van der Waals surface area contributed by atoms with Crippen LogP contribution in [0.5, 0.6) is 17.2 Å². The first-order valence-corrected chi connectivity index (χ1v) is 9.67. The smallest absolute Gasteiger partial charge is 0.203 e. The molecule has 2 aromatic rings. The van der Waals surface area contributed by atoms with Gasteiger partial charge in [-0.15, -0.1) is 0 Å². The van der Waals surface area contributed by atoms with E-state index in [1.54, 1.807) is 40.5 Å². The molecule has 0 heterocycles. The fourth-order valence-electron chi connectivity index (χ4n) is 2.99. The predicted octanol–water partition coefficient (Wildman–Crippen LogP) is 2.65. The van der Waals surface area contributed by atoms with E-state index in [0.29, 0.717) is 36.3 Å². The highest BCUT2D eigenvalue weighted by atomic mass is 19.1. The lowest BCUT2D eigenvalue weighted by Crippen LogP contribution is -2.40. The number of likely N-dealkylation sites (N-methyl/N-ethyl adjacent to an activating group) is 1. The van der Waals surface area contributed by atoms with Crippen molar-refractivity contribution in [3.8, 4) is 17.2 Å². The largest absolute Gasteiger partial charge is 0.493 e. The van der Waals surface area contributed by atoms with Gasteiger partial charge in [0.25, 0.3) is 0 Å². The molecule has 0 spiro atoms. The summed E-state index contributed by atoms with van der Waals surface area (Å²) in [5, 5.41) is 6.58. The Morgan fingerprint density at radius 3 is 2.13 bits per heavy atom. The maximum Gasteiger partial charge on any atom is 0.203 e. The van der Waals surface area contributed by atoms with Crippen LogP contribution in [0.3, 0.4) is 0 Å². The number of rotatable bonds is 10. The number of aliphatic imine (C=N–C) groups is 1. The van der Waals surface area contributed by atoms with Crippen molar-refractivity contribution in [1.29, 1.82) is 0 Å². The summed E-state index contributed by atoms with van der Waals surface area (Å²) in [7, 11) is 8.52. The topological polar surface area (TPSA) is 67.4 Å². The van der Waals surface area contributed by atoms with Gasteiger partial charge in [-0.3, -0.25) is 4.99 Å². The molecule has 0 aromatic heterocycles. The zero-order valence-corrected chi connectivity index (χ0v) is 18.3. The van der Waals surface area contributed by atoms with E-state index in [2.05, 4.69) is 20.5 Å². The molecular weight excluding hydrogens is 387 g/mol. The molecule has 0 radical (unpaired) electrons. The van der Waals surface area contributed by atoms with Crippen molar-refractivity contribution in [2.24, 2.45) is 4.99 Å².